The maximum absolute atomic E-state index is 12.2. The molecular weight excluding hydrogens is 308 g/mol. The van der Waals surface area contributed by atoms with Gasteiger partial charge in [-0.1, -0.05) is 47.5 Å². The average Bonchev–Trinajstić information content (AvgIpc) is 2.49. The van der Waals surface area contributed by atoms with Gasteiger partial charge in [-0.15, -0.1) is 0 Å². The number of rotatable bonds is 5. The van der Waals surface area contributed by atoms with Gasteiger partial charge in [-0.2, -0.15) is 0 Å². The van der Waals surface area contributed by atoms with Crippen LogP contribution in [0.4, 0.5) is 5.69 Å². The van der Waals surface area contributed by atoms with Gasteiger partial charge in [0.05, 0.1) is 6.54 Å². The lowest BCUT2D eigenvalue weighted by Gasteiger charge is -2.17. The van der Waals surface area contributed by atoms with Crippen LogP contribution in [-0.2, 0) is 4.79 Å². The molecule has 2 aromatic rings. The van der Waals surface area contributed by atoms with E-state index < -0.39 is 0 Å². The first kappa shape index (κ1) is 17.5. The Morgan fingerprint density at radius 1 is 1.13 bits per heavy atom. The Hall–Kier alpha value is -1.84. The number of benzene rings is 2. The third-order valence-electron chi connectivity index (χ3n) is 3.88. The second kappa shape index (κ2) is 7.62. The summed E-state index contributed by atoms with van der Waals surface area (Å²) in [7, 11) is 0. The monoisotopic (exact) mass is 330 g/mol. The van der Waals surface area contributed by atoms with Crippen molar-refractivity contribution in [3.63, 3.8) is 0 Å². The van der Waals surface area contributed by atoms with Gasteiger partial charge in [-0.25, -0.2) is 0 Å². The van der Waals surface area contributed by atoms with Crippen molar-refractivity contribution in [1.29, 1.82) is 0 Å². The zero-order valence-electron chi connectivity index (χ0n) is 14.0. The number of nitrogens with one attached hydrogen (secondary N) is 2. The van der Waals surface area contributed by atoms with Crippen molar-refractivity contribution < 1.29 is 4.79 Å². The molecule has 0 spiro atoms. The summed E-state index contributed by atoms with van der Waals surface area (Å²) in [5.74, 6) is -0.0565. The predicted octanol–water partition coefficient (Wildman–Crippen LogP) is 4.55. The lowest BCUT2D eigenvalue weighted by Crippen LogP contribution is -2.30. The second-order valence-electron chi connectivity index (χ2n) is 5.95. The molecule has 0 saturated heterocycles. The molecule has 4 heteroatoms. The molecule has 3 nitrogen and oxygen atoms in total. The Labute approximate surface area is 143 Å². The van der Waals surface area contributed by atoms with Gasteiger partial charge in [0.1, 0.15) is 0 Å². The van der Waals surface area contributed by atoms with Crippen molar-refractivity contribution in [3.8, 4) is 0 Å². The van der Waals surface area contributed by atoms with E-state index >= 15 is 0 Å². The maximum atomic E-state index is 12.2. The van der Waals surface area contributed by atoms with Gasteiger partial charge < -0.3 is 10.6 Å². The minimum Gasteiger partial charge on any atom is -0.324 e. The molecular formula is C19H23ClN2O. The molecule has 122 valence electrons. The molecule has 0 aromatic heterocycles. The highest BCUT2D eigenvalue weighted by atomic mass is 35.5. The van der Waals surface area contributed by atoms with E-state index in [0.29, 0.717) is 5.02 Å². The van der Waals surface area contributed by atoms with E-state index in [1.807, 2.05) is 45.0 Å². The number of hydrogen-bond acceptors (Lipinski definition) is 2. The highest BCUT2D eigenvalue weighted by Crippen LogP contribution is 2.23. The van der Waals surface area contributed by atoms with Gasteiger partial charge in [0.15, 0.2) is 0 Å². The normalized spacial score (nSPS) is 12.0. The summed E-state index contributed by atoms with van der Waals surface area (Å²) >= 11 is 6.18. The van der Waals surface area contributed by atoms with Crippen LogP contribution in [0, 0.1) is 20.8 Å². The maximum Gasteiger partial charge on any atom is 0.238 e. The molecule has 0 radical (unpaired) electrons. The summed E-state index contributed by atoms with van der Waals surface area (Å²) < 4.78 is 0. The van der Waals surface area contributed by atoms with Gasteiger partial charge in [-0.3, -0.25) is 4.79 Å². The van der Waals surface area contributed by atoms with Gasteiger partial charge in [0.2, 0.25) is 5.91 Å². The van der Waals surface area contributed by atoms with E-state index in [-0.39, 0.29) is 18.5 Å². The highest BCUT2D eigenvalue weighted by molar-refractivity contribution is 6.31. The average molecular weight is 331 g/mol. The minimum atomic E-state index is -0.0565. The van der Waals surface area contributed by atoms with Crippen molar-refractivity contribution >= 4 is 23.2 Å². The SMILES string of the molecule is Cc1cc(C)c(NC(=O)CN[C@H](C)c2ccccc2Cl)c(C)c1. The van der Waals surface area contributed by atoms with Crippen LogP contribution in [0.5, 0.6) is 0 Å². The van der Waals surface area contributed by atoms with Gasteiger partial charge >= 0.3 is 0 Å². The molecule has 0 aliphatic rings. The Balaban J connectivity index is 1.97. The van der Waals surface area contributed by atoms with Crippen LogP contribution in [0.1, 0.15) is 35.2 Å². The number of carbonyl (C=O) groups is 1. The van der Waals surface area contributed by atoms with Crippen LogP contribution in [0.15, 0.2) is 36.4 Å². The number of aryl methyl sites for hydroxylation is 3. The first-order valence-corrected chi connectivity index (χ1v) is 8.11. The van der Waals surface area contributed by atoms with Crippen molar-refractivity contribution in [2.24, 2.45) is 0 Å². The predicted molar refractivity (Wildman–Crippen MR) is 97.2 cm³/mol. The Kier molecular flexibility index (Phi) is 5.80. The fourth-order valence-corrected chi connectivity index (χ4v) is 3.04. The van der Waals surface area contributed by atoms with E-state index in [9.17, 15) is 4.79 Å². The number of halogens is 1. The first-order valence-electron chi connectivity index (χ1n) is 7.74. The van der Waals surface area contributed by atoms with Gasteiger partial charge in [0.25, 0.3) is 0 Å². The third-order valence-corrected chi connectivity index (χ3v) is 4.23. The van der Waals surface area contributed by atoms with E-state index in [2.05, 4.69) is 29.7 Å². The van der Waals surface area contributed by atoms with Crippen molar-refractivity contribution in [1.82, 2.24) is 5.32 Å². The molecule has 0 saturated carbocycles. The van der Waals surface area contributed by atoms with Gasteiger partial charge in [0, 0.05) is 16.8 Å². The summed E-state index contributed by atoms with van der Waals surface area (Å²) in [5.41, 5.74) is 5.24. The molecule has 0 heterocycles. The van der Waals surface area contributed by atoms with Crippen molar-refractivity contribution in [3.05, 3.63) is 63.7 Å². The van der Waals surface area contributed by atoms with Crippen LogP contribution in [0.3, 0.4) is 0 Å². The van der Waals surface area contributed by atoms with Crippen LogP contribution in [0.25, 0.3) is 0 Å². The molecule has 0 aliphatic heterocycles. The number of hydrogen-bond donors (Lipinski definition) is 2. The van der Waals surface area contributed by atoms with Crippen LogP contribution >= 0.6 is 11.6 Å². The van der Waals surface area contributed by atoms with Crippen LogP contribution < -0.4 is 10.6 Å². The summed E-state index contributed by atoms with van der Waals surface area (Å²) in [5, 5.41) is 6.91. The number of anilines is 1. The quantitative estimate of drug-likeness (QED) is 0.844. The van der Waals surface area contributed by atoms with E-state index in [4.69, 9.17) is 11.6 Å². The third kappa shape index (κ3) is 4.57. The fraction of sp³-hybridized carbons (Fsp3) is 0.316. The number of carbonyl (C=O) groups excluding carboxylic acids is 1. The lowest BCUT2D eigenvalue weighted by atomic mass is 10.1. The molecule has 2 rings (SSSR count). The zero-order valence-corrected chi connectivity index (χ0v) is 14.8. The fourth-order valence-electron chi connectivity index (χ4n) is 2.74. The topological polar surface area (TPSA) is 41.1 Å². The van der Waals surface area contributed by atoms with E-state index in [0.717, 1.165) is 22.4 Å². The Morgan fingerprint density at radius 2 is 1.74 bits per heavy atom. The van der Waals surface area contributed by atoms with Gasteiger partial charge in [-0.05, 0) is 50.5 Å². The molecule has 2 N–H and O–H groups in total. The molecule has 0 unspecified atom stereocenters. The summed E-state index contributed by atoms with van der Waals surface area (Å²) in [6.45, 7) is 8.30. The largest absolute Gasteiger partial charge is 0.324 e. The highest BCUT2D eigenvalue weighted by Gasteiger charge is 2.12. The summed E-state index contributed by atoms with van der Waals surface area (Å²) in [6.07, 6.45) is 0. The Morgan fingerprint density at radius 3 is 2.35 bits per heavy atom. The molecule has 23 heavy (non-hydrogen) atoms. The smallest absolute Gasteiger partial charge is 0.238 e. The molecule has 2 aromatic carbocycles. The van der Waals surface area contributed by atoms with E-state index in [1.54, 1.807) is 0 Å². The van der Waals surface area contributed by atoms with E-state index in [1.165, 1.54) is 5.56 Å². The molecule has 0 fully saturated rings. The lowest BCUT2D eigenvalue weighted by molar-refractivity contribution is -0.115. The Bertz CT molecular complexity index is 689. The molecule has 1 amide bonds. The minimum absolute atomic E-state index is 0.00895. The number of amides is 1. The molecule has 0 aliphatic carbocycles. The van der Waals surface area contributed by atoms with Crippen LogP contribution in [-0.4, -0.2) is 12.5 Å². The zero-order chi connectivity index (χ0) is 17.0. The first-order chi connectivity index (χ1) is 10.9. The molecule has 1 atom stereocenters. The van der Waals surface area contributed by atoms with Crippen molar-refractivity contribution in [2.45, 2.75) is 33.7 Å². The summed E-state index contributed by atoms with van der Waals surface area (Å²) in [6, 6.07) is 11.8. The van der Waals surface area contributed by atoms with Crippen molar-refractivity contribution in [2.75, 3.05) is 11.9 Å². The molecule has 0 bridgehead atoms. The standard InChI is InChI=1S/C19H23ClN2O/c1-12-9-13(2)19(14(3)10-12)22-18(23)11-21-15(4)16-7-5-6-8-17(16)20/h5-10,15,21H,11H2,1-4H3,(H,22,23)/t15-/m1/s1. The summed E-state index contributed by atoms with van der Waals surface area (Å²) in [4.78, 5) is 12.2. The van der Waals surface area contributed by atoms with Crippen LogP contribution in [0.2, 0.25) is 5.02 Å². The second-order valence-corrected chi connectivity index (χ2v) is 6.35.